The molecule has 1 aliphatic carbocycles. The highest BCUT2D eigenvalue weighted by molar-refractivity contribution is 7.86. The van der Waals surface area contributed by atoms with Gasteiger partial charge in [0, 0.05) is 45.3 Å². The fourth-order valence-corrected chi connectivity index (χ4v) is 4.25. The molecule has 0 aromatic heterocycles. The maximum atomic E-state index is 12.4. The number of hydrogen-bond donors (Lipinski definition) is 2. The summed E-state index contributed by atoms with van der Waals surface area (Å²) in [4.78, 5) is 25.2. The standard InChI is InChI=1S/C14H27N5O4S/c1-3-18(4-2)24(22,23)19-9-7-17(8-10-19)11-13(20)16-14(21)15-12-5-6-12/h12H,3-11H2,1-2H3,(H2,15,16,20,21). The van der Waals surface area contributed by atoms with Crippen molar-refractivity contribution in [2.24, 2.45) is 0 Å². The molecule has 0 radical (unpaired) electrons. The molecule has 0 aromatic carbocycles. The van der Waals surface area contributed by atoms with Gasteiger partial charge in [0.25, 0.3) is 10.2 Å². The fraction of sp³-hybridized carbons (Fsp3) is 0.857. The summed E-state index contributed by atoms with van der Waals surface area (Å²) >= 11 is 0. The predicted octanol–water partition coefficient (Wildman–Crippen LogP) is -0.821. The Morgan fingerprint density at radius 1 is 1.08 bits per heavy atom. The highest BCUT2D eigenvalue weighted by atomic mass is 32.2. The van der Waals surface area contributed by atoms with Gasteiger partial charge in [-0.2, -0.15) is 17.0 Å². The van der Waals surface area contributed by atoms with Crippen molar-refractivity contribution in [1.82, 2.24) is 24.1 Å². The van der Waals surface area contributed by atoms with Gasteiger partial charge in [-0.1, -0.05) is 13.8 Å². The van der Waals surface area contributed by atoms with Crippen molar-refractivity contribution in [2.45, 2.75) is 32.7 Å². The second-order valence-electron chi connectivity index (χ2n) is 6.06. The van der Waals surface area contributed by atoms with E-state index in [0.717, 1.165) is 12.8 Å². The molecule has 10 heteroatoms. The van der Waals surface area contributed by atoms with Gasteiger partial charge in [0.2, 0.25) is 5.91 Å². The molecule has 0 unspecified atom stereocenters. The average molecular weight is 361 g/mol. The number of piperazine rings is 1. The number of amides is 3. The molecule has 2 fully saturated rings. The Labute approximate surface area is 143 Å². The smallest absolute Gasteiger partial charge is 0.321 e. The van der Waals surface area contributed by atoms with Gasteiger partial charge in [0.1, 0.15) is 0 Å². The summed E-state index contributed by atoms with van der Waals surface area (Å²) in [6.45, 7) is 6.24. The molecule has 1 aliphatic heterocycles. The van der Waals surface area contributed by atoms with Gasteiger partial charge in [-0.25, -0.2) is 4.79 Å². The number of hydrogen-bond acceptors (Lipinski definition) is 5. The molecule has 1 heterocycles. The van der Waals surface area contributed by atoms with E-state index in [0.29, 0.717) is 39.3 Å². The van der Waals surface area contributed by atoms with Gasteiger partial charge in [0.15, 0.2) is 0 Å². The van der Waals surface area contributed by atoms with Crippen LogP contribution in [0.5, 0.6) is 0 Å². The Bertz CT molecular complexity index is 552. The van der Waals surface area contributed by atoms with E-state index in [-0.39, 0.29) is 18.5 Å². The lowest BCUT2D eigenvalue weighted by atomic mass is 10.3. The van der Waals surface area contributed by atoms with Gasteiger partial charge in [-0.15, -0.1) is 0 Å². The summed E-state index contributed by atoms with van der Waals surface area (Å²) in [5, 5.41) is 5.00. The Morgan fingerprint density at radius 2 is 1.67 bits per heavy atom. The van der Waals surface area contributed by atoms with E-state index in [1.807, 2.05) is 18.7 Å². The fourth-order valence-electron chi connectivity index (χ4n) is 2.65. The SMILES string of the molecule is CCN(CC)S(=O)(=O)N1CCN(CC(=O)NC(=O)NC2CC2)CC1. The van der Waals surface area contributed by atoms with E-state index in [2.05, 4.69) is 10.6 Å². The molecule has 0 spiro atoms. The van der Waals surface area contributed by atoms with Crippen molar-refractivity contribution < 1.29 is 18.0 Å². The zero-order valence-corrected chi connectivity index (χ0v) is 15.1. The van der Waals surface area contributed by atoms with Crippen LogP contribution in [0.4, 0.5) is 4.79 Å². The molecule has 1 saturated carbocycles. The first-order valence-electron chi connectivity index (χ1n) is 8.44. The minimum Gasteiger partial charge on any atom is -0.335 e. The van der Waals surface area contributed by atoms with Gasteiger partial charge in [0.05, 0.1) is 6.54 Å². The molecular weight excluding hydrogens is 334 g/mol. The van der Waals surface area contributed by atoms with Crippen molar-refractivity contribution >= 4 is 22.1 Å². The first-order valence-corrected chi connectivity index (χ1v) is 9.84. The van der Waals surface area contributed by atoms with Crippen molar-refractivity contribution in [3.63, 3.8) is 0 Å². The normalized spacial score (nSPS) is 20.1. The Morgan fingerprint density at radius 3 is 2.17 bits per heavy atom. The Hall–Kier alpha value is -1.23. The number of carbonyl (C=O) groups excluding carboxylic acids is 2. The maximum absolute atomic E-state index is 12.4. The number of imide groups is 1. The molecule has 2 N–H and O–H groups in total. The van der Waals surface area contributed by atoms with E-state index in [9.17, 15) is 18.0 Å². The van der Waals surface area contributed by atoms with Gasteiger partial charge < -0.3 is 5.32 Å². The molecule has 1 saturated heterocycles. The van der Waals surface area contributed by atoms with Crippen LogP contribution in [0.1, 0.15) is 26.7 Å². The van der Waals surface area contributed by atoms with Gasteiger partial charge >= 0.3 is 6.03 Å². The first-order chi connectivity index (χ1) is 11.4. The van der Waals surface area contributed by atoms with E-state index < -0.39 is 16.2 Å². The highest BCUT2D eigenvalue weighted by Crippen LogP contribution is 2.18. The van der Waals surface area contributed by atoms with Crippen LogP contribution in [0.3, 0.4) is 0 Å². The minimum absolute atomic E-state index is 0.0945. The molecule has 2 aliphatic rings. The monoisotopic (exact) mass is 361 g/mol. The molecule has 0 aromatic rings. The summed E-state index contributed by atoms with van der Waals surface area (Å²) in [7, 11) is -3.43. The molecule has 138 valence electrons. The molecular formula is C14H27N5O4S. The van der Waals surface area contributed by atoms with Crippen LogP contribution in [-0.2, 0) is 15.0 Å². The third-order valence-electron chi connectivity index (χ3n) is 4.22. The average Bonchev–Trinajstić information content (AvgIpc) is 3.32. The lowest BCUT2D eigenvalue weighted by Crippen LogP contribution is -2.55. The second-order valence-corrected chi connectivity index (χ2v) is 7.99. The summed E-state index contributed by atoms with van der Waals surface area (Å²) in [6.07, 6.45) is 1.93. The van der Waals surface area contributed by atoms with Crippen LogP contribution in [0, 0.1) is 0 Å². The zero-order chi connectivity index (χ0) is 17.7. The lowest BCUT2D eigenvalue weighted by Gasteiger charge is -2.35. The van der Waals surface area contributed by atoms with E-state index in [1.54, 1.807) is 0 Å². The highest BCUT2D eigenvalue weighted by Gasteiger charge is 2.31. The molecule has 3 amide bonds. The van der Waals surface area contributed by atoms with Crippen molar-refractivity contribution in [2.75, 3.05) is 45.8 Å². The maximum Gasteiger partial charge on any atom is 0.321 e. The predicted molar refractivity (Wildman–Crippen MR) is 89.6 cm³/mol. The largest absolute Gasteiger partial charge is 0.335 e. The molecule has 0 bridgehead atoms. The van der Waals surface area contributed by atoms with Crippen LogP contribution in [0.15, 0.2) is 0 Å². The summed E-state index contributed by atoms with van der Waals surface area (Å²) in [5.74, 6) is -0.367. The first kappa shape index (κ1) is 19.1. The van der Waals surface area contributed by atoms with E-state index in [4.69, 9.17) is 0 Å². The van der Waals surface area contributed by atoms with E-state index >= 15 is 0 Å². The quantitative estimate of drug-likeness (QED) is 0.617. The summed E-state index contributed by atoms with van der Waals surface area (Å²) in [6, 6.07) is -0.253. The Balaban J connectivity index is 1.75. The topological polar surface area (TPSA) is 102 Å². The lowest BCUT2D eigenvalue weighted by molar-refractivity contribution is -0.121. The Kier molecular flexibility index (Phi) is 6.55. The zero-order valence-electron chi connectivity index (χ0n) is 14.3. The van der Waals surface area contributed by atoms with Crippen molar-refractivity contribution in [3.8, 4) is 0 Å². The third-order valence-corrected chi connectivity index (χ3v) is 6.41. The third kappa shape index (κ3) is 5.13. The van der Waals surface area contributed by atoms with Crippen LogP contribution < -0.4 is 10.6 Å². The van der Waals surface area contributed by atoms with Crippen LogP contribution >= 0.6 is 0 Å². The number of nitrogens with zero attached hydrogens (tertiary/aromatic N) is 3. The van der Waals surface area contributed by atoms with Crippen LogP contribution in [-0.4, -0.2) is 85.7 Å². The molecule has 9 nitrogen and oxygen atoms in total. The summed E-state index contributed by atoms with van der Waals surface area (Å²) < 4.78 is 27.7. The van der Waals surface area contributed by atoms with Crippen molar-refractivity contribution in [1.29, 1.82) is 0 Å². The van der Waals surface area contributed by atoms with E-state index in [1.165, 1.54) is 8.61 Å². The molecule has 24 heavy (non-hydrogen) atoms. The second kappa shape index (κ2) is 8.24. The van der Waals surface area contributed by atoms with Gasteiger partial charge in [-0.3, -0.25) is 15.0 Å². The minimum atomic E-state index is -3.43. The molecule has 0 atom stereocenters. The number of nitrogens with one attached hydrogen (secondary N) is 2. The number of urea groups is 1. The van der Waals surface area contributed by atoms with Crippen LogP contribution in [0.25, 0.3) is 0 Å². The van der Waals surface area contributed by atoms with Crippen molar-refractivity contribution in [3.05, 3.63) is 0 Å². The van der Waals surface area contributed by atoms with Crippen LogP contribution in [0.2, 0.25) is 0 Å². The molecule has 2 rings (SSSR count). The van der Waals surface area contributed by atoms with Gasteiger partial charge in [-0.05, 0) is 12.8 Å². The number of rotatable bonds is 7. The number of carbonyl (C=O) groups is 2. The summed E-state index contributed by atoms with van der Waals surface area (Å²) in [5.41, 5.74) is 0.